The number of hydrogen-bond donors (Lipinski definition) is 6. The molecule has 73 heavy (non-hydrogen) atoms. The lowest BCUT2D eigenvalue weighted by molar-refractivity contribution is -0.193. The second-order valence-corrected chi connectivity index (χ2v) is 19.9. The molecular weight excluding hydrogens is 1040 g/mol. The molecule has 2 aliphatic heterocycles. The van der Waals surface area contributed by atoms with Crippen molar-refractivity contribution in [3.05, 3.63) is 60.5 Å². The Bertz CT molecular complexity index is 2380. The van der Waals surface area contributed by atoms with E-state index in [1.165, 1.54) is 45.3 Å². The van der Waals surface area contributed by atoms with Crippen molar-refractivity contribution in [1.82, 2.24) is 34.5 Å². The molecule has 0 spiro atoms. The highest BCUT2D eigenvalue weighted by Crippen LogP contribution is 2.26. The summed E-state index contributed by atoms with van der Waals surface area (Å²) >= 11 is 0. The van der Waals surface area contributed by atoms with Crippen molar-refractivity contribution in [2.75, 3.05) is 66.6 Å². The number of amides is 3. The van der Waals surface area contributed by atoms with E-state index < -0.39 is 56.0 Å². The van der Waals surface area contributed by atoms with Gasteiger partial charge in [-0.15, -0.1) is 0 Å². The van der Waals surface area contributed by atoms with Crippen LogP contribution in [0.1, 0.15) is 46.5 Å². The number of alkyl halides is 6. The van der Waals surface area contributed by atoms with Crippen LogP contribution >= 0.6 is 0 Å². The number of piperidine rings is 2. The van der Waals surface area contributed by atoms with Gasteiger partial charge in [0, 0.05) is 88.5 Å². The van der Waals surface area contributed by atoms with Gasteiger partial charge in [0.2, 0.25) is 43.6 Å². The fourth-order valence-corrected chi connectivity index (χ4v) is 8.55. The van der Waals surface area contributed by atoms with Gasteiger partial charge >= 0.3 is 30.4 Å². The zero-order valence-electron chi connectivity index (χ0n) is 39.8. The fourth-order valence-electron chi connectivity index (χ4n) is 5.72. The van der Waals surface area contributed by atoms with Crippen molar-refractivity contribution >= 4 is 49.9 Å². The van der Waals surface area contributed by atoms with E-state index in [0.717, 1.165) is 0 Å². The van der Waals surface area contributed by atoms with Crippen molar-refractivity contribution in [3.8, 4) is 11.8 Å². The molecule has 22 nitrogen and oxygen atoms in total. The third-order valence-electron chi connectivity index (χ3n) is 9.56. The number of halogens is 8. The van der Waals surface area contributed by atoms with Gasteiger partial charge in [0.1, 0.15) is 28.6 Å². The van der Waals surface area contributed by atoms with Crippen LogP contribution in [0.3, 0.4) is 0 Å². The maximum absolute atomic E-state index is 13.1. The van der Waals surface area contributed by atoms with Crippen molar-refractivity contribution in [3.63, 3.8) is 0 Å². The summed E-state index contributed by atoms with van der Waals surface area (Å²) in [6.45, 7) is 5.83. The minimum Gasteiger partial charge on any atom is -0.475 e. The zero-order valence-corrected chi connectivity index (χ0v) is 41.4. The van der Waals surface area contributed by atoms with Crippen molar-refractivity contribution < 1.29 is 100 Å². The van der Waals surface area contributed by atoms with Crippen molar-refractivity contribution in [1.29, 1.82) is 0 Å². The van der Waals surface area contributed by atoms with Gasteiger partial charge in [-0.25, -0.2) is 50.0 Å². The highest BCUT2D eigenvalue weighted by Gasteiger charge is 2.39. The summed E-state index contributed by atoms with van der Waals surface area (Å²) in [6.07, 6.45) is -5.93. The largest absolute Gasteiger partial charge is 0.490 e. The van der Waals surface area contributed by atoms with Crippen LogP contribution in [0, 0.1) is 11.8 Å². The van der Waals surface area contributed by atoms with E-state index >= 15 is 0 Å². The minimum absolute atomic E-state index is 0.00101. The third-order valence-corrected chi connectivity index (χ3v) is 13.3. The Balaban J connectivity index is 0.000000586. The SMILES string of the molecule is CNC(=O)C1CCN(S(=O)(=O)c2ccc(OC/C(=C\F)CN)nc2)CC1.CNC(=O)C1CCN(S(=O)(=O)c2ccc(OCC(=CF)CNC(=O)OC(C)(C)C)nc2)CC1.O=C(O)C(F)(F)F.O=C(O)C(F)(F)F. The second kappa shape index (κ2) is 29.4. The Labute approximate surface area is 414 Å². The monoisotopic (exact) mass is 1100 g/mol. The molecule has 0 unspecified atom stereocenters. The van der Waals surface area contributed by atoms with Crippen LogP contribution in [0.4, 0.5) is 39.9 Å². The molecule has 32 heteroatoms. The Kier molecular flexibility index (Phi) is 26.1. The van der Waals surface area contributed by atoms with E-state index in [-0.39, 0.29) is 109 Å². The molecular formula is C41H56F8N8O14S2. The molecule has 0 radical (unpaired) electrons. The Morgan fingerprint density at radius 3 is 1.29 bits per heavy atom. The summed E-state index contributed by atoms with van der Waals surface area (Å²) in [5.41, 5.74) is 5.06. The van der Waals surface area contributed by atoms with Crippen LogP contribution < -0.4 is 31.2 Å². The number of carbonyl (C=O) groups is 5. The summed E-state index contributed by atoms with van der Waals surface area (Å²) in [5.74, 6) is -5.75. The minimum atomic E-state index is -5.08. The van der Waals surface area contributed by atoms with Gasteiger partial charge in [0.15, 0.2) is 0 Å². The molecule has 0 saturated carbocycles. The van der Waals surface area contributed by atoms with E-state index in [4.69, 9.17) is 39.7 Å². The molecule has 0 atom stereocenters. The van der Waals surface area contributed by atoms with E-state index in [9.17, 15) is 66.3 Å². The summed E-state index contributed by atoms with van der Waals surface area (Å²) < 4.78 is 158. The Morgan fingerprint density at radius 2 is 1.03 bits per heavy atom. The molecule has 3 amide bonds. The average molecular weight is 1100 g/mol. The number of carbonyl (C=O) groups excluding carboxylic acids is 3. The second-order valence-electron chi connectivity index (χ2n) is 16.0. The number of alkyl carbamates (subject to hydrolysis) is 1. The molecule has 0 aliphatic carbocycles. The molecule has 2 fully saturated rings. The molecule has 4 rings (SSSR count). The number of ether oxygens (including phenoxy) is 3. The van der Waals surface area contributed by atoms with Gasteiger partial charge in [0.25, 0.3) is 0 Å². The lowest BCUT2D eigenvalue weighted by Crippen LogP contribution is -2.42. The number of carboxylic acids is 2. The number of hydrogen-bond acceptors (Lipinski definition) is 15. The smallest absolute Gasteiger partial charge is 0.475 e. The number of rotatable bonds is 15. The van der Waals surface area contributed by atoms with Gasteiger partial charge in [-0.1, -0.05) is 0 Å². The molecule has 2 saturated heterocycles. The van der Waals surface area contributed by atoms with E-state index in [2.05, 4.69) is 25.9 Å². The van der Waals surface area contributed by atoms with Crippen LogP contribution in [0.2, 0.25) is 0 Å². The first kappa shape index (κ1) is 64.8. The molecule has 0 aromatic carbocycles. The van der Waals surface area contributed by atoms with Crippen LogP contribution in [0.15, 0.2) is 70.3 Å². The maximum Gasteiger partial charge on any atom is 0.490 e. The van der Waals surface area contributed by atoms with E-state index in [0.29, 0.717) is 38.3 Å². The maximum atomic E-state index is 13.1. The Morgan fingerprint density at radius 1 is 0.685 bits per heavy atom. The molecule has 2 aromatic heterocycles. The first-order valence-corrected chi connectivity index (χ1v) is 24.1. The quantitative estimate of drug-likeness (QED) is 0.139. The summed E-state index contributed by atoms with van der Waals surface area (Å²) in [7, 11) is -4.31. The number of nitrogens with two attached hydrogens (primary N) is 1. The first-order chi connectivity index (χ1) is 33.8. The predicted octanol–water partition coefficient (Wildman–Crippen LogP) is 3.67. The predicted molar refractivity (Wildman–Crippen MR) is 240 cm³/mol. The lowest BCUT2D eigenvalue weighted by atomic mass is 9.97. The van der Waals surface area contributed by atoms with E-state index in [1.54, 1.807) is 34.9 Å². The summed E-state index contributed by atoms with van der Waals surface area (Å²) in [6, 6.07) is 5.54. The number of carboxylic acid groups (broad SMARTS) is 2. The molecule has 4 heterocycles. The average Bonchev–Trinajstić information content (AvgIpc) is 3.33. The number of nitrogens with zero attached hydrogens (tertiary/aromatic N) is 4. The van der Waals surface area contributed by atoms with Crippen LogP contribution in [-0.4, -0.2) is 160 Å². The van der Waals surface area contributed by atoms with Crippen molar-refractivity contribution in [2.45, 2.75) is 74.2 Å². The number of aromatic nitrogens is 2. The highest BCUT2D eigenvalue weighted by atomic mass is 32.2. The van der Waals surface area contributed by atoms with E-state index in [1.807, 2.05) is 0 Å². The highest BCUT2D eigenvalue weighted by molar-refractivity contribution is 7.89. The standard InChI is InChI=1S/C21H31FN4O6S.C16H23FN4O4S.2C2HF3O2/c1-21(2,3)32-20(28)25-12-15(11-22)14-31-18-6-5-17(13-24-18)33(29,30)26-9-7-16(8-10-26)19(27)23-4;1-19-16(22)13-4-6-21(7-5-13)26(23,24)14-2-3-15(20-10-14)25-11-12(8-17)9-18;2*3-2(4,5)1(6)7/h5-6,11,13,16H,7-10,12,14H2,1-4H3,(H,23,27)(H,25,28);2-3,8,10,13H,4-7,9,11,18H2,1H3,(H,19,22);2*(H,6,7)/b;12-8-;;. The van der Waals surface area contributed by atoms with Crippen molar-refractivity contribution in [2.24, 2.45) is 17.6 Å². The first-order valence-electron chi connectivity index (χ1n) is 21.2. The van der Waals surface area contributed by atoms with Crippen LogP contribution in [0.25, 0.3) is 0 Å². The molecule has 0 bridgehead atoms. The summed E-state index contributed by atoms with van der Waals surface area (Å²) in [4.78, 5) is 60.8. The molecule has 7 N–H and O–H groups in total. The molecule has 412 valence electrons. The number of aliphatic carboxylic acids is 2. The zero-order chi connectivity index (χ0) is 56.0. The van der Waals surface area contributed by atoms with Crippen LogP contribution in [0.5, 0.6) is 11.8 Å². The normalized spacial score (nSPS) is 15.6. The van der Waals surface area contributed by atoms with Gasteiger partial charge in [-0.3, -0.25) is 9.59 Å². The van der Waals surface area contributed by atoms with Gasteiger partial charge in [0.05, 0.1) is 25.1 Å². The fraction of sp³-hybridized carbons (Fsp3) is 0.537. The molecule has 2 aromatic rings. The number of nitrogens with one attached hydrogen (secondary N) is 3. The Hall–Kier alpha value is -6.25. The topological polar surface area (TPSA) is 316 Å². The van der Waals surface area contributed by atoms with Crippen LogP contribution in [-0.2, 0) is 44.0 Å². The van der Waals surface area contributed by atoms with Gasteiger partial charge < -0.3 is 46.1 Å². The summed E-state index contributed by atoms with van der Waals surface area (Å²) in [5, 5.41) is 21.9. The number of sulfonamides is 2. The number of pyridine rings is 2. The molecule has 2 aliphatic rings. The lowest BCUT2D eigenvalue weighted by Gasteiger charge is -2.30. The third kappa shape index (κ3) is 23.0. The van der Waals surface area contributed by atoms with Gasteiger partial charge in [-0.05, 0) is 58.6 Å². The van der Waals surface area contributed by atoms with Gasteiger partial charge in [-0.2, -0.15) is 35.0 Å².